The highest BCUT2D eigenvalue weighted by Crippen LogP contribution is 2.66. The standard InChI is InChI=1S/C16H21O6P/c1-4-20-23(19,21-5-2)16(18,14-10-11-15(17)22-14)13-8-6-12(3)7-9-13/h6-11,14,18H,4-5H2,1-3H3/t14?,16-/m1/s1. The molecular weight excluding hydrogens is 319 g/mol. The fourth-order valence-electron chi connectivity index (χ4n) is 2.44. The quantitative estimate of drug-likeness (QED) is 0.607. The molecule has 1 heterocycles. The van der Waals surface area contributed by atoms with Crippen LogP contribution in [0.5, 0.6) is 0 Å². The molecule has 0 radical (unpaired) electrons. The maximum atomic E-state index is 13.3. The monoisotopic (exact) mass is 340 g/mol. The van der Waals surface area contributed by atoms with Crippen molar-refractivity contribution in [1.29, 1.82) is 0 Å². The topological polar surface area (TPSA) is 82.1 Å². The SMILES string of the molecule is CCOP(=O)(OCC)[C@](O)(c1ccc(C)cc1)C1C=CC(=O)O1. The molecule has 0 bridgehead atoms. The number of cyclic esters (lactones) is 1. The molecule has 2 rings (SSSR count). The Labute approximate surface area is 135 Å². The maximum Gasteiger partial charge on any atom is 0.370 e. The van der Waals surface area contributed by atoms with Crippen LogP contribution in [0.25, 0.3) is 0 Å². The van der Waals surface area contributed by atoms with Gasteiger partial charge in [0.25, 0.3) is 0 Å². The lowest BCUT2D eigenvalue weighted by Crippen LogP contribution is -2.40. The molecule has 1 aliphatic rings. The molecule has 0 aromatic heterocycles. The third-order valence-electron chi connectivity index (χ3n) is 3.54. The molecular formula is C16H21O6P. The minimum atomic E-state index is -4.03. The van der Waals surface area contributed by atoms with Gasteiger partial charge in [-0.05, 0) is 32.4 Å². The second kappa shape index (κ2) is 6.97. The molecule has 6 nitrogen and oxygen atoms in total. The van der Waals surface area contributed by atoms with Crippen LogP contribution in [0.2, 0.25) is 0 Å². The average Bonchev–Trinajstić information content (AvgIpc) is 2.94. The van der Waals surface area contributed by atoms with E-state index < -0.39 is 25.0 Å². The van der Waals surface area contributed by atoms with Crippen LogP contribution in [0.3, 0.4) is 0 Å². The van der Waals surface area contributed by atoms with Crippen LogP contribution in [-0.2, 0) is 28.5 Å². The van der Waals surface area contributed by atoms with E-state index >= 15 is 0 Å². The van der Waals surface area contributed by atoms with E-state index in [9.17, 15) is 14.5 Å². The number of hydrogen-bond donors (Lipinski definition) is 1. The number of rotatable bonds is 7. The number of carbonyl (C=O) groups excluding carboxylic acids is 1. The largest absolute Gasteiger partial charge is 0.451 e. The van der Waals surface area contributed by atoms with Crippen molar-refractivity contribution in [2.75, 3.05) is 13.2 Å². The van der Waals surface area contributed by atoms with Gasteiger partial charge in [-0.3, -0.25) is 4.57 Å². The Morgan fingerprint density at radius 1 is 1.22 bits per heavy atom. The van der Waals surface area contributed by atoms with Crippen LogP contribution >= 0.6 is 7.60 Å². The van der Waals surface area contributed by atoms with E-state index in [-0.39, 0.29) is 13.2 Å². The van der Waals surface area contributed by atoms with Crippen molar-refractivity contribution >= 4 is 13.6 Å². The lowest BCUT2D eigenvalue weighted by Gasteiger charge is -2.37. The lowest BCUT2D eigenvalue weighted by molar-refractivity contribution is -0.146. The van der Waals surface area contributed by atoms with Crippen LogP contribution in [0.4, 0.5) is 0 Å². The first-order valence-corrected chi connectivity index (χ1v) is 8.99. The smallest absolute Gasteiger partial charge is 0.370 e. The van der Waals surface area contributed by atoms with Crippen LogP contribution in [-0.4, -0.2) is 30.4 Å². The maximum absolute atomic E-state index is 13.3. The number of aliphatic hydroxyl groups is 1. The van der Waals surface area contributed by atoms with Crippen molar-refractivity contribution in [2.24, 2.45) is 0 Å². The van der Waals surface area contributed by atoms with Crippen LogP contribution < -0.4 is 0 Å². The molecule has 2 atom stereocenters. The van der Waals surface area contributed by atoms with E-state index in [0.29, 0.717) is 5.56 Å². The first kappa shape index (κ1) is 17.9. The summed E-state index contributed by atoms with van der Waals surface area (Å²) in [4.78, 5) is 11.4. The summed E-state index contributed by atoms with van der Waals surface area (Å²) >= 11 is 0. The van der Waals surface area contributed by atoms with Crippen molar-refractivity contribution in [1.82, 2.24) is 0 Å². The highest BCUT2D eigenvalue weighted by Gasteiger charge is 2.58. The Kier molecular flexibility index (Phi) is 5.42. The summed E-state index contributed by atoms with van der Waals surface area (Å²) in [5.74, 6) is -0.611. The molecule has 0 saturated carbocycles. The van der Waals surface area contributed by atoms with Crippen molar-refractivity contribution in [3.8, 4) is 0 Å². The zero-order valence-electron chi connectivity index (χ0n) is 13.4. The van der Waals surface area contributed by atoms with Gasteiger partial charge in [-0.25, -0.2) is 4.79 Å². The Morgan fingerprint density at radius 2 is 1.78 bits per heavy atom. The zero-order valence-corrected chi connectivity index (χ0v) is 14.3. The first-order chi connectivity index (χ1) is 10.9. The van der Waals surface area contributed by atoms with Gasteiger partial charge in [0.05, 0.1) is 13.2 Å². The van der Waals surface area contributed by atoms with Gasteiger partial charge in [-0.2, -0.15) is 0 Å². The number of ether oxygens (including phenoxy) is 1. The molecule has 0 amide bonds. The summed E-state index contributed by atoms with van der Waals surface area (Å²) in [6.07, 6.45) is 1.40. The summed E-state index contributed by atoms with van der Waals surface area (Å²) in [7, 11) is -4.03. The number of aryl methyl sites for hydroxylation is 1. The van der Waals surface area contributed by atoms with Crippen molar-refractivity contribution < 1.29 is 28.3 Å². The normalized spacial score (nSPS) is 20.3. The molecule has 1 aromatic carbocycles. The average molecular weight is 340 g/mol. The minimum absolute atomic E-state index is 0.0792. The molecule has 0 aliphatic carbocycles. The summed E-state index contributed by atoms with van der Waals surface area (Å²) < 4.78 is 29.1. The Morgan fingerprint density at radius 3 is 2.22 bits per heavy atom. The highest BCUT2D eigenvalue weighted by molar-refractivity contribution is 7.55. The molecule has 1 aromatic rings. The number of hydrogen-bond acceptors (Lipinski definition) is 6. The van der Waals surface area contributed by atoms with Crippen molar-refractivity contribution in [3.05, 3.63) is 47.5 Å². The molecule has 0 fully saturated rings. The molecule has 126 valence electrons. The van der Waals surface area contributed by atoms with E-state index in [1.54, 1.807) is 38.1 Å². The van der Waals surface area contributed by atoms with Gasteiger partial charge >= 0.3 is 13.6 Å². The van der Waals surface area contributed by atoms with Gasteiger partial charge in [0.1, 0.15) is 0 Å². The summed E-state index contributed by atoms with van der Waals surface area (Å²) in [5, 5.41) is 9.21. The minimum Gasteiger partial charge on any atom is -0.451 e. The molecule has 1 unspecified atom stereocenters. The highest BCUT2D eigenvalue weighted by atomic mass is 31.2. The Balaban J connectivity index is 2.58. The fourth-order valence-corrected chi connectivity index (χ4v) is 4.50. The molecule has 0 saturated heterocycles. The third-order valence-corrected chi connectivity index (χ3v) is 6.08. The van der Waals surface area contributed by atoms with Gasteiger partial charge in [0.15, 0.2) is 6.10 Å². The predicted molar refractivity (Wildman–Crippen MR) is 85.0 cm³/mol. The fraction of sp³-hybridized carbons (Fsp3) is 0.438. The molecule has 23 heavy (non-hydrogen) atoms. The van der Waals surface area contributed by atoms with Crippen LogP contribution in [0.15, 0.2) is 36.4 Å². The lowest BCUT2D eigenvalue weighted by atomic mass is 10.0. The van der Waals surface area contributed by atoms with Gasteiger partial charge in [-0.15, -0.1) is 0 Å². The van der Waals surface area contributed by atoms with E-state index in [2.05, 4.69) is 0 Å². The van der Waals surface area contributed by atoms with Crippen LogP contribution in [0.1, 0.15) is 25.0 Å². The predicted octanol–water partition coefficient (Wildman–Crippen LogP) is 2.89. The second-order valence-corrected chi connectivity index (χ2v) is 7.33. The number of carbonyl (C=O) groups is 1. The van der Waals surface area contributed by atoms with Gasteiger partial charge in [0.2, 0.25) is 5.34 Å². The molecule has 0 spiro atoms. The molecule has 1 N–H and O–H groups in total. The van der Waals surface area contributed by atoms with Gasteiger partial charge in [0, 0.05) is 6.08 Å². The summed E-state index contributed by atoms with van der Waals surface area (Å²) in [6, 6.07) is 6.78. The third kappa shape index (κ3) is 3.26. The number of benzene rings is 1. The summed E-state index contributed by atoms with van der Waals surface area (Å²) in [6.45, 7) is 5.35. The van der Waals surface area contributed by atoms with Gasteiger partial charge < -0.3 is 18.9 Å². The molecule has 1 aliphatic heterocycles. The van der Waals surface area contributed by atoms with Crippen LogP contribution in [0, 0.1) is 6.92 Å². The molecule has 7 heteroatoms. The summed E-state index contributed by atoms with van der Waals surface area (Å²) in [5.41, 5.74) is 1.27. The van der Waals surface area contributed by atoms with E-state index in [1.165, 1.54) is 12.2 Å². The van der Waals surface area contributed by atoms with Crippen molar-refractivity contribution in [2.45, 2.75) is 32.2 Å². The zero-order chi connectivity index (χ0) is 17.1. The van der Waals surface area contributed by atoms with E-state index in [0.717, 1.165) is 5.56 Å². The Bertz CT molecular complexity index is 628. The first-order valence-electron chi connectivity index (χ1n) is 7.45. The van der Waals surface area contributed by atoms with Crippen molar-refractivity contribution in [3.63, 3.8) is 0 Å². The Hall–Kier alpha value is -1.46. The van der Waals surface area contributed by atoms with Gasteiger partial charge in [-0.1, -0.05) is 29.8 Å². The van der Waals surface area contributed by atoms with E-state index in [4.69, 9.17) is 13.8 Å². The number of esters is 1. The second-order valence-electron chi connectivity index (χ2n) is 5.14. The van der Waals surface area contributed by atoms with E-state index in [1.807, 2.05) is 6.92 Å².